The summed E-state index contributed by atoms with van der Waals surface area (Å²) in [4.78, 5) is 28.2. The summed E-state index contributed by atoms with van der Waals surface area (Å²) < 4.78 is 1.63. The van der Waals surface area contributed by atoms with Gasteiger partial charge < -0.3 is 15.1 Å². The van der Waals surface area contributed by atoms with Crippen LogP contribution in [0.4, 0.5) is 0 Å². The van der Waals surface area contributed by atoms with E-state index in [4.69, 9.17) is 0 Å². The van der Waals surface area contributed by atoms with Gasteiger partial charge >= 0.3 is 0 Å². The molecule has 21 heavy (non-hydrogen) atoms. The van der Waals surface area contributed by atoms with E-state index in [1.54, 1.807) is 24.1 Å². The van der Waals surface area contributed by atoms with E-state index in [9.17, 15) is 9.59 Å². The number of carbonyl (C=O) groups is 2. The van der Waals surface area contributed by atoms with Crippen molar-refractivity contribution in [1.82, 2.24) is 24.9 Å². The minimum Gasteiger partial charge on any atom is -0.336 e. The van der Waals surface area contributed by atoms with Gasteiger partial charge in [-0.2, -0.15) is 5.10 Å². The molecule has 0 aliphatic carbocycles. The van der Waals surface area contributed by atoms with Crippen molar-refractivity contribution in [2.45, 2.75) is 18.9 Å². The largest absolute Gasteiger partial charge is 0.336 e. The molecule has 0 spiro atoms. The second kappa shape index (κ2) is 5.85. The van der Waals surface area contributed by atoms with Gasteiger partial charge in [0.2, 0.25) is 5.91 Å². The van der Waals surface area contributed by atoms with Crippen LogP contribution in [0, 0.1) is 0 Å². The Morgan fingerprint density at radius 2 is 2.29 bits per heavy atom. The molecule has 3 rings (SSSR count). The molecular weight excluding hydrogens is 270 g/mol. The lowest BCUT2D eigenvalue weighted by Gasteiger charge is -2.41. The first-order valence-corrected chi connectivity index (χ1v) is 7.43. The number of amides is 2. The SMILES string of the molecule is Cn1cc(C(=O)N2CCCC(N3CCNCC3=O)C2)cn1. The fourth-order valence-electron chi connectivity index (χ4n) is 3.12. The van der Waals surface area contributed by atoms with Gasteiger partial charge in [-0.15, -0.1) is 0 Å². The smallest absolute Gasteiger partial charge is 0.257 e. The van der Waals surface area contributed by atoms with Crippen molar-refractivity contribution >= 4 is 11.8 Å². The van der Waals surface area contributed by atoms with Crippen LogP contribution >= 0.6 is 0 Å². The van der Waals surface area contributed by atoms with Gasteiger partial charge in [-0.3, -0.25) is 14.3 Å². The number of nitrogens with zero attached hydrogens (tertiary/aromatic N) is 4. The van der Waals surface area contributed by atoms with E-state index >= 15 is 0 Å². The number of likely N-dealkylation sites (tertiary alicyclic amines) is 1. The van der Waals surface area contributed by atoms with Crippen LogP contribution in [0.5, 0.6) is 0 Å². The topological polar surface area (TPSA) is 70.5 Å². The highest BCUT2D eigenvalue weighted by Crippen LogP contribution is 2.18. The molecule has 2 amide bonds. The quantitative estimate of drug-likeness (QED) is 0.794. The number of rotatable bonds is 2. The van der Waals surface area contributed by atoms with Crippen LogP contribution < -0.4 is 5.32 Å². The van der Waals surface area contributed by atoms with E-state index in [1.165, 1.54) is 0 Å². The maximum Gasteiger partial charge on any atom is 0.257 e. The fraction of sp³-hybridized carbons (Fsp3) is 0.643. The maximum atomic E-state index is 12.5. The maximum absolute atomic E-state index is 12.5. The second-order valence-electron chi connectivity index (χ2n) is 5.71. The summed E-state index contributed by atoms with van der Waals surface area (Å²) >= 11 is 0. The number of hydrogen-bond acceptors (Lipinski definition) is 4. The van der Waals surface area contributed by atoms with Crippen LogP contribution in [0.3, 0.4) is 0 Å². The number of hydrogen-bond donors (Lipinski definition) is 1. The molecule has 7 nitrogen and oxygen atoms in total. The van der Waals surface area contributed by atoms with Gasteiger partial charge in [0.1, 0.15) is 0 Å². The van der Waals surface area contributed by atoms with Crippen molar-refractivity contribution in [3.05, 3.63) is 18.0 Å². The van der Waals surface area contributed by atoms with Crippen molar-refractivity contribution in [1.29, 1.82) is 0 Å². The Hall–Kier alpha value is -1.89. The highest BCUT2D eigenvalue weighted by atomic mass is 16.2. The zero-order valence-corrected chi connectivity index (χ0v) is 12.3. The summed E-state index contributed by atoms with van der Waals surface area (Å²) in [5.41, 5.74) is 0.616. The average Bonchev–Trinajstić information content (AvgIpc) is 2.94. The lowest BCUT2D eigenvalue weighted by molar-refractivity contribution is -0.135. The number of aromatic nitrogens is 2. The average molecular weight is 291 g/mol. The summed E-state index contributed by atoms with van der Waals surface area (Å²) in [5, 5.41) is 7.13. The third-order valence-electron chi connectivity index (χ3n) is 4.20. The predicted octanol–water partition coefficient (Wildman–Crippen LogP) is -0.543. The molecular formula is C14H21N5O2. The molecule has 1 atom stereocenters. The van der Waals surface area contributed by atoms with Gasteiger partial charge in [0, 0.05) is 45.5 Å². The van der Waals surface area contributed by atoms with Crippen molar-refractivity contribution in [3.63, 3.8) is 0 Å². The zero-order chi connectivity index (χ0) is 14.8. The molecule has 2 fully saturated rings. The van der Waals surface area contributed by atoms with E-state index in [0.717, 1.165) is 32.5 Å². The molecule has 114 valence electrons. The Balaban J connectivity index is 1.68. The summed E-state index contributed by atoms with van der Waals surface area (Å²) in [6.45, 7) is 3.36. The van der Waals surface area contributed by atoms with Crippen LogP contribution in [0.25, 0.3) is 0 Å². The molecule has 0 radical (unpaired) electrons. The van der Waals surface area contributed by atoms with E-state index in [-0.39, 0.29) is 17.9 Å². The molecule has 2 saturated heterocycles. The Morgan fingerprint density at radius 3 is 3.00 bits per heavy atom. The number of aryl methyl sites for hydroxylation is 1. The molecule has 1 N–H and O–H groups in total. The van der Waals surface area contributed by atoms with Crippen LogP contribution in [-0.2, 0) is 11.8 Å². The summed E-state index contributed by atoms with van der Waals surface area (Å²) in [7, 11) is 1.80. The van der Waals surface area contributed by atoms with E-state index < -0.39 is 0 Å². The standard InChI is InChI=1S/C14H21N5O2/c1-17-9-11(7-16-17)14(21)18-5-2-3-12(10-18)19-6-4-15-8-13(19)20/h7,9,12,15H,2-6,8,10H2,1H3. The molecule has 2 aliphatic rings. The second-order valence-corrected chi connectivity index (χ2v) is 5.71. The third-order valence-corrected chi connectivity index (χ3v) is 4.20. The molecule has 1 aromatic heterocycles. The predicted molar refractivity (Wildman–Crippen MR) is 76.7 cm³/mol. The molecule has 3 heterocycles. The van der Waals surface area contributed by atoms with Crippen LogP contribution in [-0.4, -0.2) is 70.2 Å². The normalized spacial score (nSPS) is 23.5. The van der Waals surface area contributed by atoms with Gasteiger partial charge in [0.15, 0.2) is 0 Å². The summed E-state index contributed by atoms with van der Waals surface area (Å²) in [6, 6.07) is 0.147. The molecule has 1 unspecified atom stereocenters. The molecule has 0 saturated carbocycles. The monoisotopic (exact) mass is 291 g/mol. The third kappa shape index (κ3) is 2.92. The molecule has 7 heteroatoms. The zero-order valence-electron chi connectivity index (χ0n) is 12.3. The van der Waals surface area contributed by atoms with Gasteiger partial charge in [0.05, 0.1) is 18.3 Å². The van der Waals surface area contributed by atoms with Gasteiger partial charge in [-0.25, -0.2) is 0 Å². The Morgan fingerprint density at radius 1 is 1.43 bits per heavy atom. The van der Waals surface area contributed by atoms with Crippen LogP contribution in [0.15, 0.2) is 12.4 Å². The lowest BCUT2D eigenvalue weighted by Crippen LogP contribution is -2.57. The van der Waals surface area contributed by atoms with E-state index in [1.807, 2.05) is 9.80 Å². The van der Waals surface area contributed by atoms with E-state index in [2.05, 4.69) is 10.4 Å². The molecule has 2 aliphatic heterocycles. The van der Waals surface area contributed by atoms with Crippen LogP contribution in [0.2, 0.25) is 0 Å². The first-order chi connectivity index (χ1) is 10.1. The Labute approximate surface area is 123 Å². The highest BCUT2D eigenvalue weighted by Gasteiger charge is 2.32. The lowest BCUT2D eigenvalue weighted by atomic mass is 10.0. The Kier molecular flexibility index (Phi) is 3.92. The number of piperidine rings is 1. The van der Waals surface area contributed by atoms with Crippen molar-refractivity contribution < 1.29 is 9.59 Å². The number of piperazine rings is 1. The number of nitrogens with one attached hydrogen (secondary N) is 1. The minimum absolute atomic E-state index is 0.00961. The molecule has 0 aromatic carbocycles. The first-order valence-electron chi connectivity index (χ1n) is 7.43. The minimum atomic E-state index is 0.00961. The summed E-state index contributed by atoms with van der Waals surface area (Å²) in [5.74, 6) is 0.150. The van der Waals surface area contributed by atoms with Gasteiger partial charge in [-0.05, 0) is 12.8 Å². The van der Waals surface area contributed by atoms with Gasteiger partial charge in [0.25, 0.3) is 5.91 Å². The molecule has 0 bridgehead atoms. The van der Waals surface area contributed by atoms with E-state index in [0.29, 0.717) is 18.7 Å². The highest BCUT2D eigenvalue weighted by molar-refractivity contribution is 5.93. The number of carbonyl (C=O) groups excluding carboxylic acids is 2. The van der Waals surface area contributed by atoms with Crippen molar-refractivity contribution in [3.8, 4) is 0 Å². The van der Waals surface area contributed by atoms with Gasteiger partial charge in [-0.1, -0.05) is 0 Å². The molecule has 1 aromatic rings. The van der Waals surface area contributed by atoms with Crippen molar-refractivity contribution in [2.75, 3.05) is 32.7 Å². The first kappa shape index (κ1) is 14.1. The van der Waals surface area contributed by atoms with Crippen LogP contribution in [0.1, 0.15) is 23.2 Å². The van der Waals surface area contributed by atoms with Crippen molar-refractivity contribution in [2.24, 2.45) is 7.05 Å². The fourth-order valence-corrected chi connectivity index (χ4v) is 3.12. The summed E-state index contributed by atoms with van der Waals surface area (Å²) in [6.07, 6.45) is 5.25. The Bertz CT molecular complexity index is 541.